The second-order valence-corrected chi connectivity index (χ2v) is 9.62. The van der Waals surface area contributed by atoms with Gasteiger partial charge in [-0.2, -0.15) is 0 Å². The first-order valence-electron chi connectivity index (χ1n) is 7.79. The van der Waals surface area contributed by atoms with Crippen LogP contribution in [0.1, 0.15) is 52.3 Å². The van der Waals surface area contributed by atoms with Crippen molar-refractivity contribution in [1.82, 2.24) is 9.71 Å². The molecule has 0 saturated carbocycles. The molecule has 0 aliphatic carbocycles. The van der Waals surface area contributed by atoms with Crippen LogP contribution in [0.4, 0.5) is 4.39 Å². The van der Waals surface area contributed by atoms with Crippen LogP contribution in [-0.2, 0) is 22.1 Å². The average Bonchev–Trinajstić information content (AvgIpc) is 2.83. The molecule has 3 atom stereocenters. The van der Waals surface area contributed by atoms with Crippen molar-refractivity contribution in [3.05, 3.63) is 22.5 Å². The van der Waals surface area contributed by atoms with Gasteiger partial charge in [0.15, 0.2) is 10.9 Å². The van der Waals surface area contributed by atoms with Crippen LogP contribution in [0.2, 0.25) is 5.15 Å². The molecule has 0 amide bonds. The highest BCUT2D eigenvalue weighted by atomic mass is 35.5. The summed E-state index contributed by atoms with van der Waals surface area (Å²) in [5, 5.41) is 10.5. The highest BCUT2D eigenvalue weighted by Gasteiger charge is 2.43. The summed E-state index contributed by atoms with van der Waals surface area (Å²) >= 11 is 6.18. The van der Waals surface area contributed by atoms with Gasteiger partial charge >= 0.3 is 0 Å². The highest BCUT2D eigenvalue weighted by molar-refractivity contribution is 7.84. The van der Waals surface area contributed by atoms with Gasteiger partial charge in [0.2, 0.25) is 0 Å². The fraction of sp³-hybridized carbons (Fsp3) is 0.688. The Morgan fingerprint density at radius 1 is 1.54 bits per heavy atom. The highest BCUT2D eigenvalue weighted by Crippen LogP contribution is 2.43. The van der Waals surface area contributed by atoms with Crippen molar-refractivity contribution >= 4 is 22.6 Å². The number of hydrogen-bond donors (Lipinski definition) is 2. The predicted molar refractivity (Wildman–Crippen MR) is 93.3 cm³/mol. The number of nitrogens with one attached hydrogen (secondary N) is 1. The number of nitrogens with zero attached hydrogens (tertiary/aromatic N) is 1. The molecule has 2 heterocycles. The van der Waals surface area contributed by atoms with Crippen LogP contribution in [-0.4, -0.2) is 32.3 Å². The van der Waals surface area contributed by atoms with Gasteiger partial charge in [-0.25, -0.2) is 18.3 Å². The molecule has 0 spiro atoms. The lowest BCUT2D eigenvalue weighted by Crippen LogP contribution is -2.47. The first-order valence-corrected chi connectivity index (χ1v) is 9.32. The van der Waals surface area contributed by atoms with E-state index >= 15 is 0 Å². The van der Waals surface area contributed by atoms with E-state index in [1.807, 2.05) is 27.7 Å². The minimum atomic E-state index is -1.70. The maximum absolute atomic E-state index is 13.3. The van der Waals surface area contributed by atoms with Crippen molar-refractivity contribution in [2.45, 2.75) is 56.9 Å². The van der Waals surface area contributed by atoms with Crippen molar-refractivity contribution < 1.29 is 18.4 Å². The molecule has 5 nitrogen and oxygen atoms in total. The summed E-state index contributed by atoms with van der Waals surface area (Å²) in [6.07, 6.45) is 0.157. The molecule has 8 heteroatoms. The van der Waals surface area contributed by atoms with E-state index in [4.69, 9.17) is 16.3 Å². The second kappa shape index (κ2) is 6.52. The number of alkyl halides is 1. The second-order valence-electron chi connectivity index (χ2n) is 7.30. The summed E-state index contributed by atoms with van der Waals surface area (Å²) in [4.78, 5) is 4.10. The molecule has 2 rings (SSSR count). The van der Waals surface area contributed by atoms with Gasteiger partial charge in [-0.1, -0.05) is 18.5 Å². The van der Waals surface area contributed by atoms with Crippen LogP contribution in [0.25, 0.3) is 0 Å². The molecule has 1 aromatic heterocycles. The van der Waals surface area contributed by atoms with Gasteiger partial charge in [0, 0.05) is 5.56 Å². The molecule has 3 unspecified atom stereocenters. The van der Waals surface area contributed by atoms with Gasteiger partial charge < -0.3 is 9.84 Å². The molecule has 136 valence electrons. The maximum atomic E-state index is 13.3. The Bertz CT molecular complexity index is 661. The molecule has 24 heavy (non-hydrogen) atoms. The molecule has 2 N–H and O–H groups in total. The normalized spacial score (nSPS) is 24.2. The molecule has 0 bridgehead atoms. The van der Waals surface area contributed by atoms with E-state index in [1.54, 1.807) is 13.0 Å². The zero-order valence-electron chi connectivity index (χ0n) is 14.6. The van der Waals surface area contributed by atoms with E-state index in [9.17, 15) is 13.7 Å². The largest absolute Gasteiger partial charge is 0.488 e. The van der Waals surface area contributed by atoms with Gasteiger partial charge in [-0.05, 0) is 40.2 Å². The first-order chi connectivity index (χ1) is 11.0. The summed E-state index contributed by atoms with van der Waals surface area (Å²) in [5.41, 5.74) is -1.71. The molecular formula is C16H24ClFN2O3S. The molecule has 1 aliphatic heterocycles. The number of fused-ring (bicyclic) bond motifs is 1. The Kier molecular flexibility index (Phi) is 5.31. The number of aromatic nitrogens is 1. The first kappa shape index (κ1) is 19.6. The monoisotopic (exact) mass is 378 g/mol. The van der Waals surface area contributed by atoms with E-state index in [-0.39, 0.29) is 23.9 Å². The van der Waals surface area contributed by atoms with E-state index < -0.39 is 33.5 Å². The smallest absolute Gasteiger partial charge is 0.171 e. The van der Waals surface area contributed by atoms with Crippen molar-refractivity contribution in [1.29, 1.82) is 0 Å². The Morgan fingerprint density at radius 2 is 2.17 bits per heavy atom. The van der Waals surface area contributed by atoms with Gasteiger partial charge in [-0.3, -0.25) is 0 Å². The Balaban J connectivity index is 2.49. The lowest BCUT2D eigenvalue weighted by molar-refractivity contribution is 0.00323. The lowest BCUT2D eigenvalue weighted by atomic mass is 9.91. The zero-order valence-corrected chi connectivity index (χ0v) is 16.1. The standard InChI is InChI=1S/C16H24ClFN2O3S/c1-6-16(21,8-18)11-7-10-12(13(17)19-11)23-9-15(10,5)20-24(22)14(2,3)4/h7,20-21H,6,8-9H2,1-5H3. The molecule has 0 radical (unpaired) electrons. The van der Waals surface area contributed by atoms with Crippen LogP contribution in [0.3, 0.4) is 0 Å². The van der Waals surface area contributed by atoms with E-state index in [0.29, 0.717) is 11.3 Å². The topological polar surface area (TPSA) is 71.5 Å². The van der Waals surface area contributed by atoms with Gasteiger partial charge in [0.1, 0.15) is 18.9 Å². The fourth-order valence-electron chi connectivity index (χ4n) is 2.37. The summed E-state index contributed by atoms with van der Waals surface area (Å²) in [6.45, 7) is 8.34. The summed E-state index contributed by atoms with van der Waals surface area (Å²) in [5.74, 6) is 0.374. The Morgan fingerprint density at radius 3 is 2.67 bits per heavy atom. The van der Waals surface area contributed by atoms with Crippen LogP contribution >= 0.6 is 11.6 Å². The van der Waals surface area contributed by atoms with Gasteiger partial charge in [-0.15, -0.1) is 0 Å². The van der Waals surface area contributed by atoms with Crippen molar-refractivity contribution in [2.75, 3.05) is 13.3 Å². The quantitative estimate of drug-likeness (QED) is 0.773. The molecule has 0 aromatic carbocycles. The molecule has 1 aromatic rings. The minimum Gasteiger partial charge on any atom is -0.488 e. The van der Waals surface area contributed by atoms with Crippen LogP contribution < -0.4 is 9.46 Å². The van der Waals surface area contributed by atoms with Gasteiger partial charge in [0.05, 0.1) is 27.0 Å². The number of pyridine rings is 1. The average molecular weight is 379 g/mol. The predicted octanol–water partition coefficient (Wildman–Crippen LogP) is 2.96. The zero-order chi connectivity index (χ0) is 18.3. The third-order valence-electron chi connectivity index (χ3n) is 4.19. The minimum absolute atomic E-state index is 0.0647. The number of rotatable bonds is 5. The van der Waals surface area contributed by atoms with E-state index in [0.717, 1.165) is 0 Å². The SMILES string of the molecule is CCC(O)(CF)c1cc2c(c(Cl)n1)OCC2(C)NS(=O)C(C)(C)C. The maximum Gasteiger partial charge on any atom is 0.171 e. The fourth-order valence-corrected chi connectivity index (χ4v) is 3.50. The number of halogens is 2. The summed E-state index contributed by atoms with van der Waals surface area (Å²) < 4.78 is 34.1. The summed E-state index contributed by atoms with van der Waals surface area (Å²) in [6, 6.07) is 1.59. The third-order valence-corrected chi connectivity index (χ3v) is 6.19. The number of ether oxygens (including phenoxy) is 1. The van der Waals surface area contributed by atoms with Crippen molar-refractivity contribution in [3.8, 4) is 5.75 Å². The lowest BCUT2D eigenvalue weighted by Gasteiger charge is -2.29. The Hall–Kier alpha value is -0.760. The molecule has 1 aliphatic rings. The Labute approximate surface area is 149 Å². The molecule has 0 fully saturated rings. The summed E-state index contributed by atoms with van der Waals surface area (Å²) in [7, 11) is -1.34. The van der Waals surface area contributed by atoms with Crippen molar-refractivity contribution in [3.63, 3.8) is 0 Å². The number of aliphatic hydroxyl groups is 1. The van der Waals surface area contributed by atoms with Crippen LogP contribution in [0.5, 0.6) is 5.75 Å². The van der Waals surface area contributed by atoms with E-state index in [2.05, 4.69) is 9.71 Å². The van der Waals surface area contributed by atoms with Crippen molar-refractivity contribution in [2.24, 2.45) is 0 Å². The van der Waals surface area contributed by atoms with Crippen LogP contribution in [0.15, 0.2) is 6.07 Å². The molecule has 0 saturated heterocycles. The van der Waals surface area contributed by atoms with E-state index in [1.165, 1.54) is 0 Å². The number of hydrogen-bond acceptors (Lipinski definition) is 4. The van der Waals surface area contributed by atoms with Crippen LogP contribution in [0, 0.1) is 0 Å². The van der Waals surface area contributed by atoms with Gasteiger partial charge in [0.25, 0.3) is 0 Å². The third kappa shape index (κ3) is 3.45. The molecular weight excluding hydrogens is 355 g/mol.